The number of benzene rings is 2. The van der Waals surface area contributed by atoms with E-state index in [1.807, 2.05) is 30.3 Å². The van der Waals surface area contributed by atoms with Crippen molar-refractivity contribution in [2.45, 2.75) is 6.10 Å². The number of aromatic nitrogens is 1. The van der Waals surface area contributed by atoms with Crippen LogP contribution in [-0.2, 0) is 0 Å². The Balaban J connectivity index is 2.12. The van der Waals surface area contributed by atoms with Crippen LogP contribution in [0.1, 0.15) is 17.4 Å². The van der Waals surface area contributed by atoms with Gasteiger partial charge in [0.05, 0.1) is 11.2 Å². The van der Waals surface area contributed by atoms with Gasteiger partial charge in [-0.25, -0.2) is 9.37 Å². The van der Waals surface area contributed by atoms with Crippen molar-refractivity contribution >= 4 is 38.4 Å². The minimum absolute atomic E-state index is 0.142. The molecule has 106 valence electrons. The summed E-state index contributed by atoms with van der Waals surface area (Å²) in [5.74, 6) is -0.558. The molecule has 0 spiro atoms. The smallest absolute Gasteiger partial charge is 0.130 e. The van der Waals surface area contributed by atoms with E-state index < -0.39 is 11.9 Å². The molecule has 1 N–H and O–H groups in total. The van der Waals surface area contributed by atoms with Crippen molar-refractivity contribution in [1.82, 2.24) is 4.98 Å². The number of aliphatic hydroxyl groups is 1. The molecule has 1 unspecified atom stereocenters. The summed E-state index contributed by atoms with van der Waals surface area (Å²) < 4.78 is 14.6. The average molecular weight is 367 g/mol. The van der Waals surface area contributed by atoms with Gasteiger partial charge in [0.2, 0.25) is 0 Å². The minimum Gasteiger partial charge on any atom is -0.382 e. The summed E-state index contributed by atoms with van der Waals surface area (Å²) in [4.78, 5) is 4.42. The first-order chi connectivity index (χ1) is 10.1. The Morgan fingerprint density at radius 2 is 1.90 bits per heavy atom. The third-order valence-corrected chi connectivity index (χ3v) is 4.09. The van der Waals surface area contributed by atoms with Gasteiger partial charge in [-0.2, -0.15) is 0 Å². The highest BCUT2D eigenvalue weighted by atomic mass is 79.9. The van der Waals surface area contributed by atoms with E-state index in [2.05, 4.69) is 20.9 Å². The second-order valence-corrected chi connectivity index (χ2v) is 5.91. The van der Waals surface area contributed by atoms with Crippen molar-refractivity contribution < 1.29 is 9.50 Å². The number of nitrogens with zero attached hydrogens (tertiary/aromatic N) is 1. The summed E-state index contributed by atoms with van der Waals surface area (Å²) >= 11 is 9.11. The molecule has 0 saturated heterocycles. The van der Waals surface area contributed by atoms with E-state index >= 15 is 0 Å². The molecule has 0 radical (unpaired) electrons. The summed E-state index contributed by atoms with van der Waals surface area (Å²) in [5, 5.41) is 11.7. The zero-order chi connectivity index (χ0) is 15.0. The number of hydrogen-bond acceptors (Lipinski definition) is 2. The van der Waals surface area contributed by atoms with Crippen molar-refractivity contribution in [3.63, 3.8) is 0 Å². The van der Waals surface area contributed by atoms with Crippen LogP contribution in [-0.4, -0.2) is 10.1 Å². The van der Waals surface area contributed by atoms with Gasteiger partial charge in [0.1, 0.15) is 11.9 Å². The van der Waals surface area contributed by atoms with Gasteiger partial charge in [-0.3, -0.25) is 0 Å². The Bertz CT molecular complexity index is 824. The number of aliphatic hydroxyl groups excluding tert-OH is 1. The summed E-state index contributed by atoms with van der Waals surface area (Å²) in [6, 6.07) is 13.6. The summed E-state index contributed by atoms with van der Waals surface area (Å²) in [5.41, 5.74) is 1.25. The molecule has 5 heteroatoms. The SMILES string of the molecule is OC(c1ccc(Cl)cc1F)c1nc2ccccc2cc1Br. The number of para-hydroxylation sites is 1. The van der Waals surface area contributed by atoms with Crippen molar-refractivity contribution in [1.29, 1.82) is 0 Å². The Kier molecular flexibility index (Phi) is 3.93. The molecule has 3 aromatic rings. The molecule has 2 aromatic carbocycles. The Hall–Kier alpha value is -1.49. The first kappa shape index (κ1) is 14.4. The number of halogens is 3. The van der Waals surface area contributed by atoms with Gasteiger partial charge in [-0.15, -0.1) is 0 Å². The lowest BCUT2D eigenvalue weighted by atomic mass is 10.0. The normalized spacial score (nSPS) is 12.6. The number of rotatable bonds is 2. The molecule has 1 aromatic heterocycles. The molecule has 2 nitrogen and oxygen atoms in total. The Morgan fingerprint density at radius 3 is 2.67 bits per heavy atom. The maximum absolute atomic E-state index is 13.9. The quantitative estimate of drug-likeness (QED) is 0.702. The number of pyridine rings is 1. The van der Waals surface area contributed by atoms with E-state index in [0.29, 0.717) is 10.2 Å². The highest BCUT2D eigenvalue weighted by molar-refractivity contribution is 9.10. The summed E-state index contributed by atoms with van der Waals surface area (Å²) in [6.45, 7) is 0. The van der Waals surface area contributed by atoms with Crippen molar-refractivity contribution in [3.05, 3.63) is 75.1 Å². The van der Waals surface area contributed by atoms with Gasteiger partial charge >= 0.3 is 0 Å². The van der Waals surface area contributed by atoms with Gasteiger partial charge in [0.25, 0.3) is 0 Å². The predicted molar refractivity (Wildman–Crippen MR) is 84.9 cm³/mol. The molecule has 0 amide bonds. The Morgan fingerprint density at radius 1 is 1.14 bits per heavy atom. The van der Waals surface area contributed by atoms with Crippen molar-refractivity contribution in [2.24, 2.45) is 0 Å². The van der Waals surface area contributed by atoms with Gasteiger partial charge in [0.15, 0.2) is 0 Å². The first-order valence-corrected chi connectivity index (χ1v) is 7.41. The maximum Gasteiger partial charge on any atom is 0.130 e. The van der Waals surface area contributed by atoms with Gasteiger partial charge < -0.3 is 5.11 Å². The fourth-order valence-electron chi connectivity index (χ4n) is 2.17. The van der Waals surface area contributed by atoms with E-state index in [9.17, 15) is 9.50 Å². The summed E-state index contributed by atoms with van der Waals surface area (Å²) in [7, 11) is 0. The lowest BCUT2D eigenvalue weighted by Crippen LogP contribution is -2.06. The fourth-order valence-corrected chi connectivity index (χ4v) is 2.88. The average Bonchev–Trinajstić information content (AvgIpc) is 2.46. The van der Waals surface area contributed by atoms with Crippen LogP contribution < -0.4 is 0 Å². The minimum atomic E-state index is -1.17. The second kappa shape index (κ2) is 5.72. The lowest BCUT2D eigenvalue weighted by molar-refractivity contribution is 0.209. The molecular formula is C16H10BrClFNO. The molecule has 0 bridgehead atoms. The molecule has 21 heavy (non-hydrogen) atoms. The van der Waals surface area contributed by atoms with Crippen LogP contribution >= 0.6 is 27.5 Å². The molecule has 0 aliphatic heterocycles. The zero-order valence-electron chi connectivity index (χ0n) is 10.7. The van der Waals surface area contributed by atoms with E-state index in [4.69, 9.17) is 11.6 Å². The standard InChI is InChI=1S/C16H10BrClFNO/c17-12-7-9-3-1-2-4-14(9)20-15(12)16(21)11-6-5-10(18)8-13(11)19/h1-8,16,21H. The highest BCUT2D eigenvalue weighted by Gasteiger charge is 2.19. The van der Waals surface area contributed by atoms with E-state index in [1.54, 1.807) is 0 Å². The second-order valence-electron chi connectivity index (χ2n) is 4.62. The van der Waals surface area contributed by atoms with Crippen molar-refractivity contribution in [3.8, 4) is 0 Å². The van der Waals surface area contributed by atoms with Crippen LogP contribution in [0.2, 0.25) is 5.02 Å². The van der Waals surface area contributed by atoms with Crippen LogP contribution in [0.25, 0.3) is 10.9 Å². The van der Waals surface area contributed by atoms with Crippen LogP contribution in [0.3, 0.4) is 0 Å². The molecule has 1 heterocycles. The van der Waals surface area contributed by atoms with E-state index in [1.165, 1.54) is 18.2 Å². The number of fused-ring (bicyclic) bond motifs is 1. The molecule has 0 fully saturated rings. The first-order valence-electron chi connectivity index (χ1n) is 6.24. The largest absolute Gasteiger partial charge is 0.382 e. The number of hydrogen-bond donors (Lipinski definition) is 1. The third-order valence-electron chi connectivity index (χ3n) is 3.22. The molecular weight excluding hydrogens is 357 g/mol. The monoisotopic (exact) mass is 365 g/mol. The maximum atomic E-state index is 13.9. The molecule has 1 atom stereocenters. The fraction of sp³-hybridized carbons (Fsp3) is 0.0625. The van der Waals surface area contributed by atoms with Crippen LogP contribution in [0, 0.1) is 5.82 Å². The molecule has 0 aliphatic carbocycles. The van der Waals surface area contributed by atoms with Gasteiger partial charge in [-0.05, 0) is 40.2 Å². The molecule has 0 aliphatic rings. The zero-order valence-corrected chi connectivity index (χ0v) is 13.1. The predicted octanol–water partition coefficient (Wildman–Crippen LogP) is 4.87. The molecule has 0 saturated carbocycles. The van der Waals surface area contributed by atoms with Crippen LogP contribution in [0.15, 0.2) is 53.0 Å². The summed E-state index contributed by atoms with van der Waals surface area (Å²) in [6.07, 6.45) is -1.17. The van der Waals surface area contributed by atoms with Crippen LogP contribution in [0.5, 0.6) is 0 Å². The Labute approximate surface area is 134 Å². The van der Waals surface area contributed by atoms with Crippen LogP contribution in [0.4, 0.5) is 4.39 Å². The van der Waals surface area contributed by atoms with Crippen molar-refractivity contribution in [2.75, 3.05) is 0 Å². The highest BCUT2D eigenvalue weighted by Crippen LogP contribution is 2.31. The van der Waals surface area contributed by atoms with E-state index in [-0.39, 0.29) is 10.6 Å². The van der Waals surface area contributed by atoms with Gasteiger partial charge in [0, 0.05) is 20.4 Å². The third kappa shape index (κ3) is 2.79. The van der Waals surface area contributed by atoms with Gasteiger partial charge in [-0.1, -0.05) is 35.9 Å². The van der Waals surface area contributed by atoms with E-state index in [0.717, 1.165) is 10.9 Å². The lowest BCUT2D eigenvalue weighted by Gasteiger charge is -2.14. The molecule has 3 rings (SSSR count). The topological polar surface area (TPSA) is 33.1 Å².